The van der Waals surface area contributed by atoms with E-state index in [-0.39, 0.29) is 23.3 Å². The molecule has 0 spiro atoms. The van der Waals surface area contributed by atoms with Crippen LogP contribution >= 0.6 is 11.8 Å². The third kappa shape index (κ3) is 5.54. The molecule has 33 heavy (non-hydrogen) atoms. The highest BCUT2D eigenvalue weighted by molar-refractivity contribution is 8.00. The van der Waals surface area contributed by atoms with Gasteiger partial charge >= 0.3 is 0 Å². The third-order valence-electron chi connectivity index (χ3n) is 5.78. The molecule has 0 unspecified atom stereocenters. The number of nitrogens with zero attached hydrogens (tertiary/aromatic N) is 3. The summed E-state index contributed by atoms with van der Waals surface area (Å²) < 4.78 is 34.0. The van der Waals surface area contributed by atoms with Crippen molar-refractivity contribution in [1.82, 2.24) is 20.0 Å². The van der Waals surface area contributed by atoms with Crippen molar-refractivity contribution in [3.63, 3.8) is 0 Å². The van der Waals surface area contributed by atoms with Crippen LogP contribution in [0.1, 0.15) is 17.7 Å². The maximum atomic E-state index is 14.4. The second-order valence-corrected chi connectivity index (χ2v) is 9.45. The number of thioether (sulfide) groups is 1. The van der Waals surface area contributed by atoms with E-state index in [4.69, 9.17) is 4.74 Å². The van der Waals surface area contributed by atoms with Crippen molar-refractivity contribution in [2.45, 2.75) is 35.7 Å². The molecule has 2 heterocycles. The fourth-order valence-corrected chi connectivity index (χ4v) is 5.29. The minimum absolute atomic E-state index is 0.0124. The largest absolute Gasteiger partial charge is 0.497 e. The number of aromatic amines is 1. The lowest BCUT2D eigenvalue weighted by atomic mass is 10.1. The van der Waals surface area contributed by atoms with Crippen LogP contribution in [-0.2, 0) is 17.9 Å². The van der Waals surface area contributed by atoms with Gasteiger partial charge in [-0.3, -0.25) is 14.8 Å². The summed E-state index contributed by atoms with van der Waals surface area (Å²) in [5, 5.41) is 6.88. The molecule has 1 saturated heterocycles. The van der Waals surface area contributed by atoms with E-state index in [1.165, 1.54) is 18.2 Å². The van der Waals surface area contributed by atoms with E-state index < -0.39 is 17.7 Å². The smallest absolute Gasteiger partial charge is 0.240 e. The van der Waals surface area contributed by atoms with Crippen LogP contribution in [0.3, 0.4) is 0 Å². The molecule has 2 atom stereocenters. The van der Waals surface area contributed by atoms with Gasteiger partial charge in [-0.25, -0.2) is 8.78 Å². The molecule has 0 saturated carbocycles. The number of aromatic nitrogens is 2. The van der Waals surface area contributed by atoms with Crippen LogP contribution in [0.4, 0.5) is 8.78 Å². The monoisotopic (exact) mass is 472 g/mol. The molecule has 6 nitrogen and oxygen atoms in total. The molecular weight excluding hydrogens is 446 g/mol. The molecule has 4 rings (SSSR count). The average Bonchev–Trinajstić information content (AvgIpc) is 3.46. The fourth-order valence-electron chi connectivity index (χ4n) is 4.07. The number of carbonyl (C=O) groups is 1. The number of ether oxygens (including phenoxy) is 1. The zero-order valence-corrected chi connectivity index (χ0v) is 19.3. The van der Waals surface area contributed by atoms with Crippen molar-refractivity contribution < 1.29 is 18.3 Å². The Bertz CT molecular complexity index is 1060. The zero-order chi connectivity index (χ0) is 23.4. The van der Waals surface area contributed by atoms with E-state index in [0.717, 1.165) is 16.3 Å². The van der Waals surface area contributed by atoms with E-state index in [0.29, 0.717) is 19.5 Å². The first-order chi connectivity index (χ1) is 15.9. The minimum Gasteiger partial charge on any atom is -0.497 e. The summed E-state index contributed by atoms with van der Waals surface area (Å²) in [6.07, 6.45) is 2.22. The maximum absolute atomic E-state index is 14.4. The van der Waals surface area contributed by atoms with E-state index in [1.807, 2.05) is 35.2 Å². The highest BCUT2D eigenvalue weighted by Gasteiger charge is 2.39. The van der Waals surface area contributed by atoms with Crippen molar-refractivity contribution in [2.24, 2.45) is 0 Å². The molecule has 1 fully saturated rings. The summed E-state index contributed by atoms with van der Waals surface area (Å²) in [5.74, 6) is -0.508. The topological polar surface area (TPSA) is 61.5 Å². The van der Waals surface area contributed by atoms with Crippen molar-refractivity contribution in [1.29, 1.82) is 0 Å². The van der Waals surface area contributed by atoms with Gasteiger partial charge in [-0.15, -0.1) is 11.8 Å². The number of hydrogen-bond donors (Lipinski definition) is 1. The van der Waals surface area contributed by atoms with Gasteiger partial charge in [0.1, 0.15) is 17.4 Å². The van der Waals surface area contributed by atoms with Crippen LogP contribution in [0.2, 0.25) is 0 Å². The number of carbonyl (C=O) groups excluding carboxylic acids is 1. The molecule has 1 aliphatic rings. The Morgan fingerprint density at radius 2 is 1.94 bits per heavy atom. The van der Waals surface area contributed by atoms with Crippen LogP contribution in [0.15, 0.2) is 59.6 Å². The molecule has 3 aromatic rings. The van der Waals surface area contributed by atoms with Crippen molar-refractivity contribution in [3.8, 4) is 5.75 Å². The number of hydrogen-bond acceptors (Lipinski definition) is 5. The first-order valence-corrected chi connectivity index (χ1v) is 11.5. The van der Waals surface area contributed by atoms with Gasteiger partial charge in [-0.1, -0.05) is 6.07 Å². The Morgan fingerprint density at radius 3 is 2.58 bits per heavy atom. The number of nitrogens with one attached hydrogen (secondary N) is 1. The van der Waals surface area contributed by atoms with E-state index in [1.54, 1.807) is 37.0 Å². The fraction of sp³-hybridized carbons (Fsp3) is 0.333. The summed E-state index contributed by atoms with van der Waals surface area (Å²) in [4.78, 5) is 17.9. The molecule has 1 amide bonds. The summed E-state index contributed by atoms with van der Waals surface area (Å²) in [5.41, 5.74) is 0.807. The Hall–Kier alpha value is -2.91. The summed E-state index contributed by atoms with van der Waals surface area (Å²) >= 11 is 1.66. The first kappa shape index (κ1) is 23.3. The standard InChI is InChI=1S/C24H26F2N4O2S/c1-29(13-16-10-11-27-28-16)24(31)23-12-19(33-18-8-6-17(32-2)7-9-18)14-30(23)15-20-21(25)4-3-5-22(20)26/h3-11,19,23H,12-15H2,1-2H3,(H,27,28)/t19-,23+/m1/s1. The average molecular weight is 473 g/mol. The quantitative estimate of drug-likeness (QED) is 0.535. The predicted octanol–water partition coefficient (Wildman–Crippen LogP) is 4.09. The number of amides is 1. The maximum Gasteiger partial charge on any atom is 0.240 e. The SMILES string of the molecule is COc1ccc(S[C@@H]2C[C@@H](C(=O)N(C)Cc3ccn[nH]3)N(Cc3c(F)cccc3F)C2)cc1. The number of likely N-dealkylation sites (tertiary alicyclic amines) is 1. The second kappa shape index (κ2) is 10.4. The third-order valence-corrected chi connectivity index (χ3v) is 7.00. The van der Waals surface area contributed by atoms with Gasteiger partial charge < -0.3 is 9.64 Å². The Kier molecular flexibility index (Phi) is 7.29. The molecule has 2 aromatic carbocycles. The van der Waals surface area contributed by atoms with Gasteiger partial charge in [0, 0.05) is 42.0 Å². The van der Waals surface area contributed by atoms with E-state index >= 15 is 0 Å². The van der Waals surface area contributed by atoms with Gasteiger partial charge in [0.05, 0.1) is 25.4 Å². The number of rotatable bonds is 8. The van der Waals surface area contributed by atoms with Crippen LogP contribution in [0.5, 0.6) is 5.75 Å². The van der Waals surface area contributed by atoms with Crippen LogP contribution in [0, 0.1) is 11.6 Å². The van der Waals surface area contributed by atoms with Gasteiger partial charge in [0.25, 0.3) is 0 Å². The Morgan fingerprint density at radius 1 is 1.21 bits per heavy atom. The molecule has 1 N–H and O–H groups in total. The molecule has 174 valence electrons. The molecule has 1 aliphatic heterocycles. The summed E-state index contributed by atoms with van der Waals surface area (Å²) in [6, 6.07) is 12.9. The molecule has 9 heteroatoms. The second-order valence-electron chi connectivity index (χ2n) is 8.07. The Balaban J connectivity index is 1.52. The number of H-pyrrole nitrogens is 1. The van der Waals surface area contributed by atoms with Gasteiger partial charge in [-0.2, -0.15) is 5.10 Å². The van der Waals surface area contributed by atoms with Gasteiger partial charge in [0.15, 0.2) is 0 Å². The Labute approximate surface area is 195 Å². The first-order valence-electron chi connectivity index (χ1n) is 10.7. The van der Waals surface area contributed by atoms with Crippen molar-refractivity contribution in [3.05, 3.63) is 77.6 Å². The molecule has 0 aliphatic carbocycles. The lowest BCUT2D eigenvalue weighted by Crippen LogP contribution is -2.43. The number of likely N-dealkylation sites (N-methyl/N-ethyl adjacent to an activating group) is 1. The normalized spacial score (nSPS) is 18.4. The van der Waals surface area contributed by atoms with Crippen LogP contribution < -0.4 is 4.74 Å². The van der Waals surface area contributed by atoms with Gasteiger partial charge in [0.2, 0.25) is 5.91 Å². The molecule has 0 radical (unpaired) electrons. The summed E-state index contributed by atoms with van der Waals surface area (Å²) in [6.45, 7) is 0.957. The number of benzene rings is 2. The lowest BCUT2D eigenvalue weighted by Gasteiger charge is -2.27. The summed E-state index contributed by atoms with van der Waals surface area (Å²) in [7, 11) is 3.35. The number of halogens is 2. The predicted molar refractivity (Wildman–Crippen MR) is 123 cm³/mol. The van der Waals surface area contributed by atoms with Crippen molar-refractivity contribution in [2.75, 3.05) is 20.7 Å². The lowest BCUT2D eigenvalue weighted by molar-refractivity contribution is -0.135. The molecule has 1 aromatic heterocycles. The highest BCUT2D eigenvalue weighted by atomic mass is 32.2. The highest BCUT2D eigenvalue weighted by Crippen LogP contribution is 2.35. The number of methoxy groups -OCH3 is 1. The van der Waals surface area contributed by atoms with Crippen molar-refractivity contribution >= 4 is 17.7 Å². The van der Waals surface area contributed by atoms with Crippen LogP contribution in [0.25, 0.3) is 0 Å². The van der Waals surface area contributed by atoms with Crippen LogP contribution in [-0.4, -0.2) is 57.9 Å². The molecule has 0 bridgehead atoms. The molecular formula is C24H26F2N4O2S. The van der Waals surface area contributed by atoms with E-state index in [9.17, 15) is 13.6 Å². The van der Waals surface area contributed by atoms with Gasteiger partial charge in [-0.05, 0) is 48.9 Å². The minimum atomic E-state index is -0.599. The zero-order valence-electron chi connectivity index (χ0n) is 18.5. The van der Waals surface area contributed by atoms with E-state index in [2.05, 4.69) is 10.2 Å².